The number of carboxylic acid groups (broad SMARTS) is 1. The lowest BCUT2D eigenvalue weighted by Gasteiger charge is -2.22. The Morgan fingerprint density at radius 1 is 1.23 bits per heavy atom. The summed E-state index contributed by atoms with van der Waals surface area (Å²) in [7, 11) is 0. The number of aromatic nitrogens is 2. The molecule has 0 saturated heterocycles. The molecule has 0 bridgehead atoms. The van der Waals surface area contributed by atoms with Gasteiger partial charge in [0.1, 0.15) is 12.1 Å². The van der Waals surface area contributed by atoms with E-state index in [0.29, 0.717) is 5.69 Å². The molecule has 1 aromatic heterocycles. The molecule has 1 heterocycles. The van der Waals surface area contributed by atoms with Crippen LogP contribution in [0.4, 0.5) is 0 Å². The summed E-state index contributed by atoms with van der Waals surface area (Å²) < 4.78 is 0. The lowest BCUT2D eigenvalue weighted by molar-refractivity contribution is -0.141. The van der Waals surface area contributed by atoms with Crippen LogP contribution in [0.25, 0.3) is 0 Å². The zero-order valence-electron chi connectivity index (χ0n) is 13.8. The van der Waals surface area contributed by atoms with Gasteiger partial charge in [-0.3, -0.25) is 14.4 Å². The van der Waals surface area contributed by atoms with E-state index in [9.17, 15) is 19.2 Å². The van der Waals surface area contributed by atoms with E-state index in [2.05, 4.69) is 33.2 Å². The fourth-order valence-corrected chi connectivity index (χ4v) is 2.27. The third-order valence-corrected chi connectivity index (χ3v) is 3.81. The third-order valence-electron chi connectivity index (χ3n) is 3.44. The van der Waals surface area contributed by atoms with Gasteiger partial charge in [-0.1, -0.05) is 0 Å². The molecule has 1 rings (SSSR count). The van der Waals surface area contributed by atoms with Crippen LogP contribution in [0.1, 0.15) is 18.5 Å². The van der Waals surface area contributed by atoms with Gasteiger partial charge in [0.15, 0.2) is 0 Å². The van der Waals surface area contributed by atoms with E-state index in [-0.39, 0.29) is 25.0 Å². The molecule has 0 spiro atoms. The van der Waals surface area contributed by atoms with E-state index in [1.54, 1.807) is 0 Å². The summed E-state index contributed by atoms with van der Waals surface area (Å²) in [6.07, 6.45) is 2.83. The van der Waals surface area contributed by atoms with E-state index >= 15 is 0 Å². The Morgan fingerprint density at radius 2 is 1.88 bits per heavy atom. The molecule has 11 nitrogen and oxygen atoms in total. The number of H-pyrrole nitrogens is 1. The molecule has 0 fully saturated rings. The van der Waals surface area contributed by atoms with Crippen molar-refractivity contribution in [2.75, 3.05) is 5.75 Å². The van der Waals surface area contributed by atoms with E-state index < -0.39 is 41.8 Å². The summed E-state index contributed by atoms with van der Waals surface area (Å²) in [6, 6.07) is -3.37. The molecular formula is C14H22N6O5S. The minimum absolute atomic E-state index is 0.0946. The molecule has 144 valence electrons. The maximum atomic E-state index is 12.3. The number of carbonyl (C=O) groups is 4. The summed E-state index contributed by atoms with van der Waals surface area (Å²) >= 11 is 3.85. The summed E-state index contributed by atoms with van der Waals surface area (Å²) in [5, 5.41) is 13.6. The normalized spacial score (nSPS) is 14.1. The smallest absolute Gasteiger partial charge is 0.327 e. The monoisotopic (exact) mass is 386 g/mol. The van der Waals surface area contributed by atoms with Gasteiger partial charge in [-0.05, 0) is 6.42 Å². The number of aliphatic carboxylic acids is 1. The topological polar surface area (TPSA) is 193 Å². The van der Waals surface area contributed by atoms with Crippen molar-refractivity contribution in [2.24, 2.45) is 11.5 Å². The molecule has 0 aromatic carbocycles. The predicted octanol–water partition coefficient (Wildman–Crippen LogP) is -2.47. The first-order chi connectivity index (χ1) is 12.2. The van der Waals surface area contributed by atoms with Gasteiger partial charge < -0.3 is 32.2 Å². The number of hydrogen-bond acceptors (Lipinski definition) is 7. The van der Waals surface area contributed by atoms with Crippen LogP contribution in [0.5, 0.6) is 0 Å². The zero-order chi connectivity index (χ0) is 19.7. The molecule has 3 amide bonds. The Balaban J connectivity index is 2.74. The van der Waals surface area contributed by atoms with E-state index in [1.807, 2.05) is 0 Å². The fraction of sp³-hybridized carbons (Fsp3) is 0.500. The highest BCUT2D eigenvalue weighted by Gasteiger charge is 2.27. The first-order valence-electron chi connectivity index (χ1n) is 7.70. The summed E-state index contributed by atoms with van der Waals surface area (Å²) in [5.74, 6) is -3.49. The van der Waals surface area contributed by atoms with Crippen molar-refractivity contribution < 1.29 is 24.3 Å². The van der Waals surface area contributed by atoms with Crippen LogP contribution in [0.2, 0.25) is 0 Å². The van der Waals surface area contributed by atoms with Gasteiger partial charge in [0.25, 0.3) is 0 Å². The van der Waals surface area contributed by atoms with E-state index in [1.165, 1.54) is 12.5 Å². The Labute approximate surface area is 154 Å². The second kappa shape index (κ2) is 10.4. The third kappa shape index (κ3) is 7.11. The molecule has 0 aliphatic rings. The number of amides is 3. The highest BCUT2D eigenvalue weighted by Crippen LogP contribution is 2.02. The van der Waals surface area contributed by atoms with Crippen molar-refractivity contribution >= 4 is 36.3 Å². The molecule has 3 atom stereocenters. The van der Waals surface area contributed by atoms with Crippen molar-refractivity contribution in [1.82, 2.24) is 20.6 Å². The van der Waals surface area contributed by atoms with Crippen LogP contribution in [0, 0.1) is 0 Å². The van der Waals surface area contributed by atoms with Crippen molar-refractivity contribution in [2.45, 2.75) is 37.4 Å². The molecule has 12 heteroatoms. The van der Waals surface area contributed by atoms with Crippen molar-refractivity contribution in [3.8, 4) is 0 Å². The number of primary amides is 1. The number of thiol groups is 1. The lowest BCUT2D eigenvalue weighted by atomic mass is 10.1. The molecule has 8 N–H and O–H groups in total. The Morgan fingerprint density at radius 3 is 2.38 bits per heavy atom. The summed E-state index contributed by atoms with van der Waals surface area (Å²) in [5.41, 5.74) is 11.5. The number of rotatable bonds is 11. The number of carbonyl (C=O) groups excluding carboxylic acids is 3. The van der Waals surface area contributed by atoms with Gasteiger partial charge in [0.05, 0.1) is 12.4 Å². The molecule has 0 aliphatic carbocycles. The van der Waals surface area contributed by atoms with Gasteiger partial charge in [-0.15, -0.1) is 0 Å². The number of aromatic amines is 1. The highest BCUT2D eigenvalue weighted by atomic mass is 32.1. The first-order valence-corrected chi connectivity index (χ1v) is 8.33. The zero-order valence-corrected chi connectivity index (χ0v) is 14.7. The van der Waals surface area contributed by atoms with Crippen LogP contribution < -0.4 is 22.1 Å². The standard InChI is InChI=1S/C14H22N6O5S/c15-8(3-7-4-17-6-18-7)12(22)19-9(1-2-11(16)21)13(23)20-10(5-26)14(24)25/h4,6,8-10,26H,1-3,5,15H2,(H2,16,21)(H,17,18)(H,19,22)(H,20,23)(H,24,25)/t8-,9-,10-/m0/s1. The molecule has 0 aliphatic heterocycles. The SMILES string of the molecule is NC(=O)CC[C@H](NC(=O)[C@@H](N)Cc1cnc[nH]1)C(=O)N[C@@H](CS)C(=O)O. The van der Waals surface area contributed by atoms with Crippen LogP contribution in [-0.2, 0) is 25.6 Å². The average Bonchev–Trinajstić information content (AvgIpc) is 3.08. The number of hydrogen-bond donors (Lipinski definition) is 7. The van der Waals surface area contributed by atoms with Crippen LogP contribution in [0.3, 0.4) is 0 Å². The van der Waals surface area contributed by atoms with Crippen molar-refractivity contribution in [3.05, 3.63) is 18.2 Å². The number of imidazole rings is 1. The minimum Gasteiger partial charge on any atom is -0.480 e. The second-order valence-corrected chi connectivity index (χ2v) is 5.90. The fourth-order valence-electron chi connectivity index (χ4n) is 2.02. The van der Waals surface area contributed by atoms with E-state index in [0.717, 1.165) is 0 Å². The van der Waals surface area contributed by atoms with Crippen LogP contribution in [0.15, 0.2) is 12.5 Å². The largest absolute Gasteiger partial charge is 0.480 e. The van der Waals surface area contributed by atoms with Gasteiger partial charge in [-0.2, -0.15) is 12.6 Å². The molecular weight excluding hydrogens is 364 g/mol. The minimum atomic E-state index is -1.27. The molecule has 0 saturated carbocycles. The van der Waals surface area contributed by atoms with Gasteiger partial charge in [0, 0.05) is 30.5 Å². The van der Waals surface area contributed by atoms with Crippen molar-refractivity contribution in [3.63, 3.8) is 0 Å². The number of nitrogens with one attached hydrogen (secondary N) is 3. The number of nitrogens with zero attached hydrogens (tertiary/aromatic N) is 1. The molecule has 0 unspecified atom stereocenters. The number of nitrogens with two attached hydrogens (primary N) is 2. The maximum absolute atomic E-state index is 12.3. The average molecular weight is 386 g/mol. The van der Waals surface area contributed by atoms with Crippen LogP contribution in [-0.4, -0.2) is 62.6 Å². The highest BCUT2D eigenvalue weighted by molar-refractivity contribution is 7.80. The quantitative estimate of drug-likeness (QED) is 0.205. The first kappa shape index (κ1) is 21.4. The van der Waals surface area contributed by atoms with E-state index in [4.69, 9.17) is 16.6 Å². The maximum Gasteiger partial charge on any atom is 0.327 e. The Kier molecular flexibility index (Phi) is 8.58. The predicted molar refractivity (Wildman–Crippen MR) is 94.0 cm³/mol. The molecule has 0 radical (unpaired) electrons. The summed E-state index contributed by atoms with van der Waals surface area (Å²) in [4.78, 5) is 53.1. The van der Waals surface area contributed by atoms with Crippen LogP contribution >= 0.6 is 12.6 Å². The molecule has 1 aromatic rings. The number of carboxylic acids is 1. The van der Waals surface area contributed by atoms with Gasteiger partial charge in [0.2, 0.25) is 17.7 Å². The Bertz CT molecular complexity index is 638. The summed E-state index contributed by atoms with van der Waals surface area (Å²) in [6.45, 7) is 0. The van der Waals surface area contributed by atoms with Gasteiger partial charge >= 0.3 is 5.97 Å². The van der Waals surface area contributed by atoms with Gasteiger partial charge in [-0.25, -0.2) is 9.78 Å². The lowest BCUT2D eigenvalue weighted by Crippen LogP contribution is -2.55. The molecule has 26 heavy (non-hydrogen) atoms. The van der Waals surface area contributed by atoms with Crippen molar-refractivity contribution in [1.29, 1.82) is 0 Å². The Hall–Kier alpha value is -2.60. The second-order valence-electron chi connectivity index (χ2n) is 5.54.